The number of unbranched alkanes of at least 4 members (excludes halogenated alkanes) is 1. The van der Waals surface area contributed by atoms with Crippen molar-refractivity contribution in [1.29, 1.82) is 0 Å². The van der Waals surface area contributed by atoms with Crippen LogP contribution in [0, 0.1) is 0 Å². The molecule has 2 rings (SSSR count). The summed E-state index contributed by atoms with van der Waals surface area (Å²) in [5.74, 6) is -0.474. The fourth-order valence-electron chi connectivity index (χ4n) is 2.48. The van der Waals surface area contributed by atoms with Crippen LogP contribution in [0.1, 0.15) is 24.8 Å². The van der Waals surface area contributed by atoms with Crippen molar-refractivity contribution in [2.24, 2.45) is 0 Å². The van der Waals surface area contributed by atoms with Crippen LogP contribution in [-0.2, 0) is 25.9 Å². The molecule has 27 heavy (non-hydrogen) atoms. The zero-order valence-corrected chi connectivity index (χ0v) is 17.3. The molecule has 0 aliphatic rings. The van der Waals surface area contributed by atoms with Gasteiger partial charge in [0.2, 0.25) is 0 Å². The van der Waals surface area contributed by atoms with Crippen LogP contribution in [-0.4, -0.2) is 34.6 Å². The quantitative estimate of drug-likeness (QED) is 0.168. The van der Waals surface area contributed by atoms with E-state index >= 15 is 0 Å². The van der Waals surface area contributed by atoms with E-state index in [0.717, 1.165) is 25.9 Å². The molecule has 0 amide bonds. The molecule has 0 saturated heterocycles. The van der Waals surface area contributed by atoms with E-state index in [-0.39, 0.29) is 15.0 Å². The van der Waals surface area contributed by atoms with E-state index in [4.69, 9.17) is 4.74 Å². The Morgan fingerprint density at radius 1 is 1.04 bits per heavy atom. The molecule has 0 aromatic heterocycles. The predicted octanol–water partition coefficient (Wildman–Crippen LogP) is 3.85. The molecule has 0 unspecified atom stereocenters. The normalized spacial score (nSPS) is 12.2. The standard InChI is InChI=1S/C22H26O4Se/c1-24-26-22(23)16-15-21(27-20-12-6-3-7-13-20)14-8-9-17-25-18-19-10-4-2-5-11-19/h2-7,10-13,15-16,21H,8-9,14,17-18H2,1H3/b16-15+/t21-/m0/s1. The van der Waals surface area contributed by atoms with Gasteiger partial charge in [0, 0.05) is 0 Å². The van der Waals surface area contributed by atoms with Gasteiger partial charge in [-0.2, -0.15) is 0 Å². The van der Waals surface area contributed by atoms with Crippen molar-refractivity contribution < 1.29 is 19.3 Å². The van der Waals surface area contributed by atoms with Gasteiger partial charge in [0.1, 0.15) is 0 Å². The first-order chi connectivity index (χ1) is 13.3. The Labute approximate surface area is 167 Å². The average molecular weight is 433 g/mol. The third-order valence-electron chi connectivity index (χ3n) is 3.78. The number of hydrogen-bond donors (Lipinski definition) is 0. The van der Waals surface area contributed by atoms with Gasteiger partial charge < -0.3 is 0 Å². The van der Waals surface area contributed by atoms with Crippen LogP contribution in [0.2, 0.25) is 4.82 Å². The number of allylic oxidation sites excluding steroid dienone is 1. The first kappa shape index (κ1) is 21.4. The summed E-state index contributed by atoms with van der Waals surface area (Å²) in [6.45, 7) is 1.40. The van der Waals surface area contributed by atoms with Gasteiger partial charge in [0.05, 0.1) is 0 Å². The van der Waals surface area contributed by atoms with Gasteiger partial charge in [0.25, 0.3) is 0 Å². The molecule has 0 fully saturated rings. The van der Waals surface area contributed by atoms with Crippen molar-refractivity contribution in [3.8, 4) is 0 Å². The Hall–Kier alpha value is -1.91. The van der Waals surface area contributed by atoms with Gasteiger partial charge in [-0.1, -0.05) is 0 Å². The summed E-state index contributed by atoms with van der Waals surface area (Å²) in [5.41, 5.74) is 1.20. The van der Waals surface area contributed by atoms with Gasteiger partial charge in [-0.25, -0.2) is 0 Å². The molecule has 2 aromatic carbocycles. The summed E-state index contributed by atoms with van der Waals surface area (Å²) >= 11 is 0.260. The Morgan fingerprint density at radius 2 is 1.74 bits per heavy atom. The van der Waals surface area contributed by atoms with Crippen LogP contribution < -0.4 is 4.46 Å². The number of carbonyl (C=O) groups is 1. The zero-order valence-electron chi connectivity index (χ0n) is 15.6. The number of hydrogen-bond acceptors (Lipinski definition) is 4. The van der Waals surface area contributed by atoms with Crippen LogP contribution >= 0.6 is 0 Å². The molecule has 0 aliphatic heterocycles. The average Bonchev–Trinajstić information content (AvgIpc) is 2.70. The van der Waals surface area contributed by atoms with Gasteiger partial charge >= 0.3 is 167 Å². The summed E-state index contributed by atoms with van der Waals surface area (Å²) in [7, 11) is 1.33. The van der Waals surface area contributed by atoms with Crippen LogP contribution in [0.4, 0.5) is 0 Å². The maximum atomic E-state index is 11.5. The summed E-state index contributed by atoms with van der Waals surface area (Å²) < 4.78 is 7.07. The minimum absolute atomic E-state index is 0.260. The van der Waals surface area contributed by atoms with Crippen molar-refractivity contribution >= 4 is 25.4 Å². The van der Waals surface area contributed by atoms with Crippen LogP contribution in [0.3, 0.4) is 0 Å². The van der Waals surface area contributed by atoms with Crippen LogP contribution in [0.15, 0.2) is 72.8 Å². The van der Waals surface area contributed by atoms with Gasteiger partial charge in [-0.05, 0) is 0 Å². The van der Waals surface area contributed by atoms with Crippen molar-refractivity contribution in [2.75, 3.05) is 13.7 Å². The maximum absolute atomic E-state index is 11.5. The second-order valence-corrected chi connectivity index (χ2v) is 8.69. The Kier molecular flexibility index (Phi) is 10.5. The predicted molar refractivity (Wildman–Crippen MR) is 108 cm³/mol. The third kappa shape index (κ3) is 9.55. The molecule has 2 aromatic rings. The van der Waals surface area contributed by atoms with Crippen molar-refractivity contribution in [1.82, 2.24) is 0 Å². The van der Waals surface area contributed by atoms with E-state index in [1.54, 1.807) is 0 Å². The van der Waals surface area contributed by atoms with E-state index in [2.05, 4.69) is 46.2 Å². The number of benzene rings is 2. The van der Waals surface area contributed by atoms with Gasteiger partial charge in [-0.3, -0.25) is 0 Å². The van der Waals surface area contributed by atoms with E-state index in [1.807, 2.05) is 30.3 Å². The molecular formula is C22H26O4Se. The minimum atomic E-state index is -0.474. The van der Waals surface area contributed by atoms with Crippen molar-refractivity contribution in [2.45, 2.75) is 30.7 Å². The molecule has 0 spiro atoms. The summed E-state index contributed by atoms with van der Waals surface area (Å²) in [5, 5.41) is 0. The van der Waals surface area contributed by atoms with E-state index in [0.29, 0.717) is 11.4 Å². The van der Waals surface area contributed by atoms with Gasteiger partial charge in [-0.15, -0.1) is 0 Å². The molecule has 0 heterocycles. The molecule has 144 valence electrons. The summed E-state index contributed by atoms with van der Waals surface area (Å²) in [6.07, 6.45) is 6.48. The molecule has 0 N–H and O–H groups in total. The van der Waals surface area contributed by atoms with Gasteiger partial charge in [0.15, 0.2) is 0 Å². The first-order valence-corrected chi connectivity index (χ1v) is 10.9. The molecular weight excluding hydrogens is 407 g/mol. The topological polar surface area (TPSA) is 44.8 Å². The third-order valence-corrected chi connectivity index (χ3v) is 6.38. The Bertz CT molecular complexity index is 673. The van der Waals surface area contributed by atoms with E-state index in [1.165, 1.54) is 23.2 Å². The monoisotopic (exact) mass is 434 g/mol. The van der Waals surface area contributed by atoms with Crippen LogP contribution in [0.5, 0.6) is 0 Å². The zero-order chi connectivity index (χ0) is 19.2. The first-order valence-electron chi connectivity index (χ1n) is 9.04. The van der Waals surface area contributed by atoms with Crippen molar-refractivity contribution in [3.05, 3.63) is 78.4 Å². The summed E-state index contributed by atoms with van der Waals surface area (Å²) in [4.78, 5) is 20.7. The molecule has 4 nitrogen and oxygen atoms in total. The summed E-state index contributed by atoms with van der Waals surface area (Å²) in [6, 6.07) is 20.6. The fourth-order valence-corrected chi connectivity index (χ4v) is 4.80. The fraction of sp³-hybridized carbons (Fsp3) is 0.318. The molecule has 1 atom stereocenters. The second kappa shape index (κ2) is 13.3. The number of rotatable bonds is 12. The molecule has 0 bridgehead atoms. The van der Waals surface area contributed by atoms with Crippen molar-refractivity contribution in [3.63, 3.8) is 0 Å². The molecule has 5 heteroatoms. The molecule has 0 radical (unpaired) electrons. The van der Waals surface area contributed by atoms with E-state index in [9.17, 15) is 4.79 Å². The Balaban J connectivity index is 1.74. The second-order valence-electron chi connectivity index (χ2n) is 5.93. The Morgan fingerprint density at radius 3 is 2.44 bits per heavy atom. The van der Waals surface area contributed by atoms with E-state index < -0.39 is 5.97 Å². The molecule has 0 aliphatic carbocycles. The SMILES string of the molecule is COOC(=O)/C=C/[C@H](CCCCOCc1ccccc1)[Se]c1ccccc1. The van der Waals surface area contributed by atoms with Crippen LogP contribution in [0.25, 0.3) is 0 Å². The number of ether oxygens (including phenoxy) is 1. The number of carbonyl (C=O) groups excluding carboxylic acids is 1. The molecule has 0 saturated carbocycles.